The van der Waals surface area contributed by atoms with Crippen LogP contribution in [0.3, 0.4) is 0 Å². The van der Waals surface area contributed by atoms with Crippen LogP contribution in [0.15, 0.2) is 12.1 Å². The van der Waals surface area contributed by atoms with Gasteiger partial charge in [0.2, 0.25) is 9.05 Å². The van der Waals surface area contributed by atoms with Crippen molar-refractivity contribution < 1.29 is 13.5 Å². The van der Waals surface area contributed by atoms with Crippen LogP contribution in [-0.2, 0) is 15.5 Å². The predicted molar refractivity (Wildman–Crippen MR) is 61.5 cm³/mol. The van der Waals surface area contributed by atoms with Crippen LogP contribution in [0.25, 0.3) is 0 Å². The molecule has 0 saturated heterocycles. The van der Waals surface area contributed by atoms with Gasteiger partial charge in [0.1, 0.15) is 5.75 Å². The zero-order valence-electron chi connectivity index (χ0n) is 7.37. The van der Waals surface area contributed by atoms with Crippen LogP contribution in [0.2, 0.25) is 10.0 Å². The van der Waals surface area contributed by atoms with Crippen molar-refractivity contribution in [1.29, 1.82) is 0 Å². The van der Waals surface area contributed by atoms with E-state index < -0.39 is 9.05 Å². The first-order chi connectivity index (χ1) is 6.79. The summed E-state index contributed by atoms with van der Waals surface area (Å²) < 4.78 is 21.4. The van der Waals surface area contributed by atoms with E-state index in [0.717, 1.165) is 0 Å². The molecule has 1 N–H and O–H groups in total. The topological polar surface area (TPSA) is 54.4 Å². The third-order valence-electron chi connectivity index (χ3n) is 1.72. The molecule has 1 rings (SSSR count). The molecule has 3 nitrogen and oxygen atoms in total. The van der Waals surface area contributed by atoms with Crippen molar-refractivity contribution >= 4 is 42.9 Å². The van der Waals surface area contributed by atoms with Crippen LogP contribution in [0.5, 0.6) is 5.75 Å². The summed E-state index contributed by atoms with van der Waals surface area (Å²) in [5, 5.41) is 9.58. The van der Waals surface area contributed by atoms with Crippen molar-refractivity contribution in [2.75, 3.05) is 5.75 Å². The van der Waals surface area contributed by atoms with Crippen molar-refractivity contribution in [1.82, 2.24) is 0 Å². The molecule has 0 heterocycles. The second kappa shape index (κ2) is 4.78. The smallest absolute Gasteiger partial charge is 0.232 e. The lowest BCUT2D eigenvalue weighted by molar-refractivity contribution is 0.475. The quantitative estimate of drug-likeness (QED) is 0.871. The van der Waals surface area contributed by atoms with E-state index in [9.17, 15) is 8.42 Å². The standard InChI is InChI=1S/C8H7Cl3O3S/c9-7-3-5(12)4-8(10)6(7)1-2-15(11,13)14/h3-4,12H,1-2H2. The second-order valence-electron chi connectivity index (χ2n) is 2.88. The molecule has 0 unspecified atom stereocenters. The first-order valence-electron chi connectivity index (χ1n) is 3.89. The van der Waals surface area contributed by atoms with E-state index in [-0.39, 0.29) is 28.0 Å². The van der Waals surface area contributed by atoms with E-state index in [1.807, 2.05) is 0 Å². The fourth-order valence-electron chi connectivity index (χ4n) is 1.05. The van der Waals surface area contributed by atoms with Gasteiger partial charge in [-0.25, -0.2) is 8.42 Å². The molecular formula is C8H7Cl3O3S. The molecule has 0 aliphatic carbocycles. The van der Waals surface area contributed by atoms with Gasteiger partial charge >= 0.3 is 0 Å². The van der Waals surface area contributed by atoms with Crippen LogP contribution in [0.1, 0.15) is 5.56 Å². The number of hydrogen-bond acceptors (Lipinski definition) is 3. The Morgan fingerprint density at radius 2 is 1.67 bits per heavy atom. The van der Waals surface area contributed by atoms with Crippen molar-refractivity contribution in [3.63, 3.8) is 0 Å². The van der Waals surface area contributed by atoms with Crippen LogP contribution < -0.4 is 0 Å². The van der Waals surface area contributed by atoms with Gasteiger partial charge in [-0.05, 0) is 24.1 Å². The van der Waals surface area contributed by atoms with Gasteiger partial charge in [0.25, 0.3) is 0 Å². The maximum atomic E-state index is 10.7. The Hall–Kier alpha value is -0.160. The molecular weight excluding hydrogens is 283 g/mol. The third kappa shape index (κ3) is 4.07. The molecule has 1 aromatic carbocycles. The maximum Gasteiger partial charge on any atom is 0.232 e. The minimum Gasteiger partial charge on any atom is -0.508 e. The number of aromatic hydroxyl groups is 1. The SMILES string of the molecule is O=S(=O)(Cl)CCc1c(Cl)cc(O)cc1Cl. The zero-order valence-corrected chi connectivity index (χ0v) is 10.5. The van der Waals surface area contributed by atoms with Gasteiger partial charge in [0.05, 0.1) is 5.75 Å². The summed E-state index contributed by atoms with van der Waals surface area (Å²) >= 11 is 11.6. The van der Waals surface area contributed by atoms with Crippen molar-refractivity contribution in [3.8, 4) is 5.75 Å². The second-order valence-corrected chi connectivity index (χ2v) is 6.59. The molecule has 7 heteroatoms. The molecule has 0 atom stereocenters. The Labute approximate surface area is 102 Å². The highest BCUT2D eigenvalue weighted by Crippen LogP contribution is 2.30. The first kappa shape index (κ1) is 12.9. The maximum absolute atomic E-state index is 10.7. The van der Waals surface area contributed by atoms with E-state index in [0.29, 0.717) is 5.56 Å². The third-order valence-corrected chi connectivity index (χ3v) is 3.55. The van der Waals surface area contributed by atoms with Gasteiger partial charge in [-0.15, -0.1) is 0 Å². The number of hydrogen-bond donors (Lipinski definition) is 1. The van der Waals surface area contributed by atoms with Crippen LogP contribution >= 0.6 is 33.9 Å². The summed E-state index contributed by atoms with van der Waals surface area (Å²) in [6.07, 6.45) is 0.115. The normalized spacial score (nSPS) is 11.7. The predicted octanol–water partition coefficient (Wildman–Crippen LogP) is 2.81. The number of halogens is 3. The zero-order chi connectivity index (χ0) is 11.6. The van der Waals surface area contributed by atoms with E-state index in [2.05, 4.69) is 0 Å². The molecule has 15 heavy (non-hydrogen) atoms. The molecule has 1 aromatic rings. The van der Waals surface area contributed by atoms with Gasteiger partial charge in [-0.2, -0.15) is 0 Å². The average molecular weight is 290 g/mol. The average Bonchev–Trinajstić information content (AvgIpc) is 1.99. The molecule has 0 fully saturated rings. The van der Waals surface area contributed by atoms with Gasteiger partial charge < -0.3 is 5.11 Å². The van der Waals surface area contributed by atoms with Gasteiger partial charge in [0.15, 0.2) is 0 Å². The van der Waals surface area contributed by atoms with E-state index in [1.54, 1.807) is 0 Å². The number of rotatable bonds is 3. The number of phenols is 1. The molecule has 0 amide bonds. The Morgan fingerprint density at radius 1 is 1.20 bits per heavy atom. The minimum absolute atomic E-state index is 0.0671. The van der Waals surface area contributed by atoms with Crippen molar-refractivity contribution in [2.24, 2.45) is 0 Å². The summed E-state index contributed by atoms with van der Waals surface area (Å²) in [6.45, 7) is 0. The summed E-state index contributed by atoms with van der Waals surface area (Å²) in [5.74, 6) is -0.318. The van der Waals surface area contributed by atoms with Gasteiger partial charge in [0, 0.05) is 20.7 Å². The largest absolute Gasteiger partial charge is 0.508 e. The van der Waals surface area contributed by atoms with Crippen molar-refractivity contribution in [2.45, 2.75) is 6.42 Å². The minimum atomic E-state index is -3.57. The number of benzene rings is 1. The first-order valence-corrected chi connectivity index (χ1v) is 7.12. The van der Waals surface area contributed by atoms with Crippen LogP contribution in [0.4, 0.5) is 0 Å². The number of phenolic OH excluding ortho intramolecular Hbond substituents is 1. The Kier molecular flexibility index (Phi) is 4.12. The molecule has 0 bridgehead atoms. The Morgan fingerprint density at radius 3 is 2.07 bits per heavy atom. The Bertz CT molecular complexity index is 447. The van der Waals surface area contributed by atoms with Gasteiger partial charge in [-0.1, -0.05) is 23.2 Å². The fraction of sp³-hybridized carbons (Fsp3) is 0.250. The molecule has 0 aromatic heterocycles. The lowest BCUT2D eigenvalue weighted by Gasteiger charge is -2.06. The summed E-state index contributed by atoms with van der Waals surface area (Å²) in [4.78, 5) is 0. The molecule has 0 aliphatic rings. The van der Waals surface area contributed by atoms with E-state index in [4.69, 9.17) is 39.0 Å². The summed E-state index contributed by atoms with van der Waals surface area (Å²) in [5.41, 5.74) is 0.459. The highest BCUT2D eigenvalue weighted by atomic mass is 35.7. The molecule has 0 aliphatic heterocycles. The van der Waals surface area contributed by atoms with Crippen molar-refractivity contribution in [3.05, 3.63) is 27.7 Å². The lowest BCUT2D eigenvalue weighted by Crippen LogP contribution is -2.02. The van der Waals surface area contributed by atoms with E-state index in [1.165, 1.54) is 12.1 Å². The summed E-state index contributed by atoms with van der Waals surface area (Å²) in [6, 6.07) is 2.59. The lowest BCUT2D eigenvalue weighted by atomic mass is 10.1. The van der Waals surface area contributed by atoms with Crippen LogP contribution in [-0.4, -0.2) is 19.3 Å². The fourth-order valence-corrected chi connectivity index (χ4v) is 2.40. The molecule has 84 valence electrons. The monoisotopic (exact) mass is 288 g/mol. The highest BCUT2D eigenvalue weighted by Gasteiger charge is 2.12. The Balaban J connectivity index is 2.96. The molecule has 0 radical (unpaired) electrons. The molecule has 0 saturated carbocycles. The molecule has 0 spiro atoms. The van der Waals surface area contributed by atoms with Gasteiger partial charge in [-0.3, -0.25) is 0 Å². The summed E-state index contributed by atoms with van der Waals surface area (Å²) in [7, 11) is 1.48. The van der Waals surface area contributed by atoms with Crippen LogP contribution in [0, 0.1) is 0 Å². The highest BCUT2D eigenvalue weighted by molar-refractivity contribution is 8.13. The van der Waals surface area contributed by atoms with E-state index >= 15 is 0 Å².